The van der Waals surface area contributed by atoms with Gasteiger partial charge in [0.2, 0.25) is 0 Å². The number of hydrogen-bond acceptors (Lipinski definition) is 6. The Balaban J connectivity index is -0.000000272. The number of rotatable bonds is 8. The highest BCUT2D eigenvalue weighted by Gasteiger charge is 2.46. The van der Waals surface area contributed by atoms with E-state index in [1.165, 1.54) is 14.2 Å². The van der Waals surface area contributed by atoms with Gasteiger partial charge in [0, 0.05) is 11.1 Å². The summed E-state index contributed by atoms with van der Waals surface area (Å²) in [5.41, 5.74) is 5.62. The second-order valence-corrected chi connectivity index (χ2v) is 7.86. The summed E-state index contributed by atoms with van der Waals surface area (Å²) in [6, 6.07) is 23.3. The van der Waals surface area contributed by atoms with Crippen LogP contribution in [-0.2, 0) is 14.7 Å². The van der Waals surface area contributed by atoms with E-state index >= 15 is 0 Å². The molecule has 0 saturated heterocycles. The van der Waals surface area contributed by atoms with Crippen LogP contribution in [0.25, 0.3) is 0 Å². The van der Waals surface area contributed by atoms with Crippen molar-refractivity contribution in [2.75, 3.05) is 27.4 Å². The zero-order valence-electron chi connectivity index (χ0n) is 26.4. The van der Waals surface area contributed by atoms with Crippen molar-refractivity contribution in [3.63, 3.8) is 0 Å². The Morgan fingerprint density at radius 3 is 1.18 bits per heavy atom. The highest BCUT2D eigenvalue weighted by atomic mass is 31.2. The predicted molar refractivity (Wildman–Crippen MR) is 189 cm³/mol. The Bertz CT molecular complexity index is 1060. The number of ether oxygens (including phenoxy) is 2. The molecule has 8 nitrogen and oxygen atoms in total. The van der Waals surface area contributed by atoms with Crippen LogP contribution >= 0.6 is 7.75 Å². The van der Waals surface area contributed by atoms with Gasteiger partial charge in [0.05, 0.1) is 27.4 Å². The van der Waals surface area contributed by atoms with Crippen LogP contribution in [0.2, 0.25) is 0 Å². The lowest BCUT2D eigenvalue weighted by molar-refractivity contribution is 0.126. The van der Waals surface area contributed by atoms with Gasteiger partial charge in [0.25, 0.3) is 0 Å². The molecule has 244 valence electrons. The van der Waals surface area contributed by atoms with Crippen molar-refractivity contribution < 1.29 is 33.7 Å². The summed E-state index contributed by atoms with van der Waals surface area (Å²) in [7, 11) is -1.40. The van der Waals surface area contributed by atoms with Crippen molar-refractivity contribution in [3.05, 3.63) is 175 Å². The van der Waals surface area contributed by atoms with E-state index in [-0.39, 0.29) is 13.2 Å². The van der Waals surface area contributed by atoms with Crippen molar-refractivity contribution in [1.82, 2.24) is 0 Å². The molecule has 3 aromatic carbocycles. The maximum absolute atomic E-state index is 12.4. The van der Waals surface area contributed by atoms with Crippen molar-refractivity contribution in [3.8, 4) is 11.5 Å². The Hall–Kier alpha value is -4.27. The third kappa shape index (κ3) is 17.0. The number of nitrogens with two attached hydrogens (primary N) is 1. The number of hydrogen-bond donors (Lipinski definition) is 4. The smallest absolute Gasteiger partial charge is 0.401 e. The Kier molecular flexibility index (Phi) is 37.3. The molecule has 0 bridgehead atoms. The number of para-hydroxylation sites is 2. The van der Waals surface area contributed by atoms with Crippen molar-refractivity contribution >= 4 is 7.75 Å². The lowest BCUT2D eigenvalue weighted by atomic mass is 9.79. The molecule has 0 amide bonds. The number of aliphatic hydroxyl groups is 2. The maximum Gasteiger partial charge on any atom is 0.401 e. The molecule has 0 aliphatic rings. The molecule has 0 spiro atoms. The quantitative estimate of drug-likeness (QED) is 0.113. The van der Waals surface area contributed by atoms with Crippen molar-refractivity contribution in [2.45, 2.75) is 5.60 Å². The molecule has 44 heavy (non-hydrogen) atoms. The molecule has 3 rings (SSSR count). The van der Waals surface area contributed by atoms with E-state index < -0.39 is 13.3 Å². The summed E-state index contributed by atoms with van der Waals surface area (Å²) in [6.45, 7) is 35.8. The lowest BCUT2D eigenvalue weighted by Crippen LogP contribution is -2.34. The van der Waals surface area contributed by atoms with Crippen LogP contribution < -0.4 is 15.0 Å². The van der Waals surface area contributed by atoms with Gasteiger partial charge < -0.3 is 24.6 Å². The number of aliphatic hydroxyl groups excluding tert-OH is 2. The molecule has 5 N–H and O–H groups in total. The van der Waals surface area contributed by atoms with E-state index in [9.17, 15) is 9.46 Å². The van der Waals surface area contributed by atoms with Crippen molar-refractivity contribution in [2.24, 2.45) is 5.50 Å². The van der Waals surface area contributed by atoms with Crippen LogP contribution in [-0.4, -0.2) is 42.5 Å². The molecule has 0 aliphatic heterocycles. The van der Waals surface area contributed by atoms with Gasteiger partial charge in [-0.2, -0.15) is 0 Å². The molecule has 0 aromatic heterocycles. The first-order valence-electron chi connectivity index (χ1n) is 12.7. The average Bonchev–Trinajstić information content (AvgIpc) is 3.12. The number of benzene rings is 3. The Labute approximate surface area is 265 Å². The first-order valence-corrected chi connectivity index (χ1v) is 14.3. The van der Waals surface area contributed by atoms with Gasteiger partial charge in [-0.15, -0.1) is 78.9 Å². The normalized spacial score (nSPS) is 9.86. The van der Waals surface area contributed by atoms with Crippen LogP contribution in [0.5, 0.6) is 11.5 Å². The molecule has 0 radical (unpaired) electrons. The van der Waals surface area contributed by atoms with Crippen molar-refractivity contribution in [1.29, 1.82) is 0 Å². The van der Waals surface area contributed by atoms with E-state index in [4.69, 9.17) is 29.7 Å². The summed E-state index contributed by atoms with van der Waals surface area (Å²) < 4.78 is 29.3. The summed E-state index contributed by atoms with van der Waals surface area (Å²) in [4.78, 5) is 10.1. The molecule has 9 heteroatoms. The fourth-order valence-corrected chi connectivity index (χ4v) is 4.04. The van der Waals surface area contributed by atoms with Gasteiger partial charge in [0.1, 0.15) is 11.5 Å². The van der Waals surface area contributed by atoms with Crippen LogP contribution in [0.15, 0.2) is 158 Å². The van der Waals surface area contributed by atoms with Gasteiger partial charge >= 0.3 is 7.75 Å². The third-order valence-corrected chi connectivity index (χ3v) is 5.06. The first kappa shape index (κ1) is 49.4. The largest absolute Gasteiger partial charge is 0.496 e. The Morgan fingerprint density at radius 2 is 0.909 bits per heavy atom. The molecule has 0 aliphatic carbocycles. The first-order chi connectivity index (χ1) is 21.3. The minimum absolute atomic E-state index is 0.125. The molecule has 0 fully saturated rings. The summed E-state index contributed by atoms with van der Waals surface area (Å²) >= 11 is 0. The lowest BCUT2D eigenvalue weighted by Gasteiger charge is -2.37. The molecule has 0 saturated carbocycles. The van der Waals surface area contributed by atoms with E-state index in [2.05, 4.69) is 78.9 Å². The van der Waals surface area contributed by atoms with E-state index in [1.54, 1.807) is 60.7 Å². The standard InChI is InChI=1S/C21H22NO5P.C2H6O2.6C2H4/c1-25-19-14-8-6-12-17(19)21(27-28(22,23)24,16-10-4-3-5-11-16)18-13-7-9-15-20(18)26-2;3-1-2-4;6*1-2/h3-15H,1-2H3,(H3,22,23,24);3-4H,1-2H2;6*1-2H2. The van der Waals surface area contributed by atoms with Crippen LogP contribution in [0, 0.1) is 0 Å². The van der Waals surface area contributed by atoms with Crippen LogP contribution in [0.1, 0.15) is 16.7 Å². The minimum atomic E-state index is -4.46. The minimum Gasteiger partial charge on any atom is -0.496 e. The summed E-state index contributed by atoms with van der Waals surface area (Å²) in [6.07, 6.45) is 0. The highest BCUT2D eigenvalue weighted by Crippen LogP contribution is 2.54. The fraction of sp³-hybridized carbons (Fsp3) is 0.143. The molecule has 0 heterocycles. The molecule has 3 aromatic rings. The van der Waals surface area contributed by atoms with Gasteiger partial charge in [-0.05, 0) is 17.7 Å². The average molecular weight is 630 g/mol. The SMILES string of the molecule is C=C.C=C.C=C.C=C.C=C.C=C.COc1ccccc1C(OP(N)(=O)O)(c1ccccc1)c1ccccc1OC.OCCO. The van der Waals surface area contributed by atoms with Gasteiger partial charge in [-0.25, -0.2) is 10.1 Å². The third-order valence-electron chi connectivity index (χ3n) is 4.52. The van der Waals surface area contributed by atoms with Crippen LogP contribution in [0.3, 0.4) is 0 Å². The highest BCUT2D eigenvalue weighted by molar-refractivity contribution is 7.50. The zero-order valence-corrected chi connectivity index (χ0v) is 27.3. The molecule has 1 atom stereocenters. The number of methoxy groups -OCH3 is 2. The second kappa shape index (κ2) is 33.2. The van der Waals surface area contributed by atoms with E-state index in [0.717, 1.165) is 0 Å². The topological polar surface area (TPSA) is 131 Å². The van der Waals surface area contributed by atoms with E-state index in [0.29, 0.717) is 28.2 Å². The maximum atomic E-state index is 12.4. The van der Waals surface area contributed by atoms with Gasteiger partial charge in [0.15, 0.2) is 5.60 Å². The molecule has 1 unspecified atom stereocenters. The summed E-state index contributed by atoms with van der Waals surface area (Å²) in [5, 5.41) is 15.2. The monoisotopic (exact) mass is 629 g/mol. The fourth-order valence-electron chi connectivity index (χ4n) is 3.35. The predicted octanol–water partition coefficient (Wildman–Crippen LogP) is 7.86. The summed E-state index contributed by atoms with van der Waals surface area (Å²) in [5.74, 6) is 0.955. The molecular formula is C35H52NO7P. The molecular weight excluding hydrogens is 577 g/mol. The second-order valence-electron chi connectivity index (χ2n) is 6.55. The Morgan fingerprint density at radius 1 is 0.614 bits per heavy atom. The van der Waals surface area contributed by atoms with Gasteiger partial charge in [-0.1, -0.05) is 66.7 Å². The van der Waals surface area contributed by atoms with E-state index in [1.807, 2.05) is 18.2 Å². The zero-order chi connectivity index (χ0) is 35.6. The van der Waals surface area contributed by atoms with Gasteiger partial charge in [-0.3, -0.25) is 4.52 Å². The van der Waals surface area contributed by atoms with Crippen LogP contribution in [0.4, 0.5) is 0 Å².